The van der Waals surface area contributed by atoms with Crippen molar-refractivity contribution in [2.24, 2.45) is 0 Å². The quantitative estimate of drug-likeness (QED) is 0.763. The molecule has 1 aromatic carbocycles. The first-order valence-electron chi connectivity index (χ1n) is 9.24. The van der Waals surface area contributed by atoms with Crippen molar-refractivity contribution < 1.29 is 18.0 Å². The average molecular weight is 391 g/mol. The molecule has 1 aliphatic rings. The fourth-order valence-corrected chi connectivity index (χ4v) is 3.40. The number of hydrogen-bond donors (Lipinski definition) is 0. The zero-order valence-corrected chi connectivity index (χ0v) is 16.3. The second-order valence-electron chi connectivity index (χ2n) is 7.98. The molecule has 7 heteroatoms. The van der Waals surface area contributed by atoms with Crippen molar-refractivity contribution in [1.82, 2.24) is 9.88 Å². The standard InChI is InChI=1S/C21H24F3N3O/c1-20(2,3)16-6-4-5-7-17(16)26-10-12-27(13-11-26)19(28)15-8-9-18(25-14-15)21(22,23)24/h4-9,14H,10-13H2,1-3H3. The van der Waals surface area contributed by atoms with Crippen molar-refractivity contribution in [3.05, 3.63) is 59.4 Å². The Bertz CT molecular complexity index is 833. The van der Waals surface area contributed by atoms with E-state index in [0.29, 0.717) is 26.2 Å². The van der Waals surface area contributed by atoms with Crippen LogP contribution in [0.4, 0.5) is 18.9 Å². The van der Waals surface area contributed by atoms with E-state index in [0.717, 1.165) is 12.3 Å². The number of piperazine rings is 1. The van der Waals surface area contributed by atoms with E-state index in [4.69, 9.17) is 0 Å². The molecule has 0 radical (unpaired) electrons. The van der Waals surface area contributed by atoms with Gasteiger partial charge >= 0.3 is 6.18 Å². The zero-order valence-electron chi connectivity index (χ0n) is 16.3. The van der Waals surface area contributed by atoms with Gasteiger partial charge in [0.15, 0.2) is 0 Å². The largest absolute Gasteiger partial charge is 0.433 e. The molecule has 2 aromatic rings. The number of para-hydroxylation sites is 1. The summed E-state index contributed by atoms with van der Waals surface area (Å²) >= 11 is 0. The predicted molar refractivity (Wildman–Crippen MR) is 102 cm³/mol. The highest BCUT2D eigenvalue weighted by molar-refractivity contribution is 5.94. The summed E-state index contributed by atoms with van der Waals surface area (Å²) in [6, 6.07) is 10.3. The van der Waals surface area contributed by atoms with E-state index in [1.165, 1.54) is 17.3 Å². The molecule has 150 valence electrons. The highest BCUT2D eigenvalue weighted by Gasteiger charge is 2.33. The summed E-state index contributed by atoms with van der Waals surface area (Å²) in [5.74, 6) is -0.287. The van der Waals surface area contributed by atoms with Crippen molar-refractivity contribution in [1.29, 1.82) is 0 Å². The van der Waals surface area contributed by atoms with Crippen molar-refractivity contribution in [3.8, 4) is 0 Å². The average Bonchev–Trinajstić information content (AvgIpc) is 2.66. The molecule has 0 bridgehead atoms. The van der Waals surface area contributed by atoms with Crippen LogP contribution in [-0.4, -0.2) is 42.0 Å². The van der Waals surface area contributed by atoms with Crippen molar-refractivity contribution in [2.45, 2.75) is 32.4 Å². The molecule has 1 amide bonds. The maximum atomic E-state index is 12.6. The second-order valence-corrected chi connectivity index (χ2v) is 7.98. The third-order valence-electron chi connectivity index (χ3n) is 4.92. The van der Waals surface area contributed by atoms with E-state index in [2.05, 4.69) is 42.8 Å². The number of halogens is 3. The Labute approximate surface area is 163 Å². The minimum Gasteiger partial charge on any atom is -0.368 e. The molecule has 1 fully saturated rings. The number of aromatic nitrogens is 1. The molecule has 0 atom stereocenters. The van der Waals surface area contributed by atoms with E-state index in [1.54, 1.807) is 4.90 Å². The Hall–Kier alpha value is -2.57. The molecule has 1 saturated heterocycles. The minimum atomic E-state index is -4.51. The summed E-state index contributed by atoms with van der Waals surface area (Å²) in [5.41, 5.74) is 1.61. The van der Waals surface area contributed by atoms with Gasteiger partial charge in [0.2, 0.25) is 0 Å². The molecule has 1 aromatic heterocycles. The first kappa shape index (κ1) is 20.2. The molecular formula is C21H24F3N3O. The monoisotopic (exact) mass is 391 g/mol. The number of anilines is 1. The normalized spacial score (nSPS) is 15.6. The molecule has 2 heterocycles. The van der Waals surface area contributed by atoms with Gasteiger partial charge in [0.25, 0.3) is 5.91 Å². The van der Waals surface area contributed by atoms with Gasteiger partial charge in [-0.2, -0.15) is 13.2 Å². The first-order chi connectivity index (χ1) is 13.1. The van der Waals surface area contributed by atoms with Crippen molar-refractivity contribution >= 4 is 11.6 Å². The molecule has 1 aliphatic heterocycles. The summed E-state index contributed by atoms with van der Waals surface area (Å²) < 4.78 is 37.9. The predicted octanol–water partition coefficient (Wildman–Crippen LogP) is 4.36. The number of amides is 1. The molecule has 4 nitrogen and oxygen atoms in total. The fraction of sp³-hybridized carbons (Fsp3) is 0.429. The molecule has 28 heavy (non-hydrogen) atoms. The summed E-state index contributed by atoms with van der Waals surface area (Å²) in [7, 11) is 0. The van der Waals surface area contributed by atoms with Gasteiger partial charge in [-0.05, 0) is 29.2 Å². The zero-order chi connectivity index (χ0) is 20.5. The maximum absolute atomic E-state index is 12.6. The van der Waals surface area contributed by atoms with Crippen LogP contribution < -0.4 is 4.90 Å². The number of rotatable bonds is 2. The van der Waals surface area contributed by atoms with Gasteiger partial charge in [-0.25, -0.2) is 0 Å². The van der Waals surface area contributed by atoms with E-state index < -0.39 is 11.9 Å². The Kier molecular flexibility index (Phi) is 5.37. The van der Waals surface area contributed by atoms with Gasteiger partial charge in [-0.15, -0.1) is 0 Å². The van der Waals surface area contributed by atoms with Crippen LogP contribution in [0.15, 0.2) is 42.6 Å². The van der Waals surface area contributed by atoms with Gasteiger partial charge in [0.05, 0.1) is 5.56 Å². The highest BCUT2D eigenvalue weighted by Crippen LogP contribution is 2.32. The molecule has 0 spiro atoms. The van der Waals surface area contributed by atoms with Gasteiger partial charge in [-0.3, -0.25) is 9.78 Å². The Morgan fingerprint density at radius 1 is 0.964 bits per heavy atom. The van der Waals surface area contributed by atoms with Crippen LogP contribution in [0.5, 0.6) is 0 Å². The molecule has 0 unspecified atom stereocenters. The van der Waals surface area contributed by atoms with Crippen LogP contribution >= 0.6 is 0 Å². The molecule has 0 N–H and O–H groups in total. The number of carbonyl (C=O) groups excluding carboxylic acids is 1. The van der Waals surface area contributed by atoms with Crippen molar-refractivity contribution in [3.63, 3.8) is 0 Å². The smallest absolute Gasteiger partial charge is 0.368 e. The van der Waals surface area contributed by atoms with E-state index >= 15 is 0 Å². The van der Waals surface area contributed by atoms with Crippen LogP contribution in [0.1, 0.15) is 42.4 Å². The number of carbonyl (C=O) groups is 1. The highest BCUT2D eigenvalue weighted by atomic mass is 19.4. The lowest BCUT2D eigenvalue weighted by Crippen LogP contribution is -2.49. The topological polar surface area (TPSA) is 36.4 Å². The van der Waals surface area contributed by atoms with E-state index in [-0.39, 0.29) is 16.9 Å². The van der Waals surface area contributed by atoms with Crippen LogP contribution in [0.2, 0.25) is 0 Å². The van der Waals surface area contributed by atoms with Gasteiger partial charge in [-0.1, -0.05) is 39.0 Å². The number of pyridine rings is 1. The molecular weight excluding hydrogens is 367 g/mol. The van der Waals surface area contributed by atoms with Crippen LogP contribution in [-0.2, 0) is 11.6 Å². The Morgan fingerprint density at radius 3 is 2.14 bits per heavy atom. The fourth-order valence-electron chi connectivity index (χ4n) is 3.40. The second kappa shape index (κ2) is 7.45. The number of nitrogens with zero attached hydrogens (tertiary/aromatic N) is 3. The number of alkyl halides is 3. The van der Waals surface area contributed by atoms with Gasteiger partial charge in [0.1, 0.15) is 5.69 Å². The summed E-state index contributed by atoms with van der Waals surface area (Å²) in [4.78, 5) is 19.9. The van der Waals surface area contributed by atoms with E-state index in [9.17, 15) is 18.0 Å². The lowest BCUT2D eigenvalue weighted by Gasteiger charge is -2.38. The van der Waals surface area contributed by atoms with E-state index in [1.807, 2.05) is 12.1 Å². The number of benzene rings is 1. The first-order valence-corrected chi connectivity index (χ1v) is 9.24. The van der Waals surface area contributed by atoms with Crippen molar-refractivity contribution in [2.75, 3.05) is 31.1 Å². The molecule has 0 saturated carbocycles. The summed E-state index contributed by atoms with van der Waals surface area (Å²) in [6.07, 6.45) is -3.50. The summed E-state index contributed by atoms with van der Waals surface area (Å²) in [5, 5.41) is 0. The molecule has 3 rings (SSSR count). The SMILES string of the molecule is CC(C)(C)c1ccccc1N1CCN(C(=O)c2ccc(C(F)(F)F)nc2)CC1. The summed E-state index contributed by atoms with van der Waals surface area (Å²) in [6.45, 7) is 8.88. The third-order valence-corrected chi connectivity index (χ3v) is 4.92. The Balaban J connectivity index is 1.68. The minimum absolute atomic E-state index is 0.00937. The lowest BCUT2D eigenvalue weighted by molar-refractivity contribution is -0.141. The Morgan fingerprint density at radius 2 is 1.61 bits per heavy atom. The lowest BCUT2D eigenvalue weighted by atomic mass is 9.85. The number of hydrogen-bond acceptors (Lipinski definition) is 3. The van der Waals surface area contributed by atoms with Crippen LogP contribution in [0, 0.1) is 0 Å². The van der Waals surface area contributed by atoms with Gasteiger partial charge < -0.3 is 9.80 Å². The molecule has 0 aliphatic carbocycles. The van der Waals surface area contributed by atoms with Crippen LogP contribution in [0.25, 0.3) is 0 Å². The third kappa shape index (κ3) is 4.29. The maximum Gasteiger partial charge on any atom is 0.433 e. The van der Waals surface area contributed by atoms with Crippen LogP contribution in [0.3, 0.4) is 0 Å². The van der Waals surface area contributed by atoms with Gasteiger partial charge in [0, 0.05) is 38.1 Å².